The quantitative estimate of drug-likeness (QED) is 0.134. The van der Waals surface area contributed by atoms with Crippen molar-refractivity contribution >= 4 is 120 Å². The molecule has 0 saturated heterocycles. The summed E-state index contributed by atoms with van der Waals surface area (Å²) in [6, 6.07) is 139. The van der Waals surface area contributed by atoms with E-state index in [2.05, 4.69) is 358 Å². The third-order valence-corrected chi connectivity index (χ3v) is 22.8. The molecule has 24 rings (SSSR count). The molecular formula is C105H65N11. The average molecular weight is 1480 g/mol. The van der Waals surface area contributed by atoms with E-state index >= 15 is 0 Å². The molecule has 116 heavy (non-hydrogen) atoms. The Bertz CT molecular complexity index is 7490. The molecule has 0 radical (unpaired) electrons. The van der Waals surface area contributed by atoms with E-state index in [4.69, 9.17) is 34.9 Å². The van der Waals surface area contributed by atoms with Crippen molar-refractivity contribution in [3.63, 3.8) is 0 Å². The second kappa shape index (κ2) is 27.0. The van der Waals surface area contributed by atoms with Gasteiger partial charge >= 0.3 is 0 Å². The summed E-state index contributed by atoms with van der Waals surface area (Å²) in [5.74, 6) is 2.32. The van der Waals surface area contributed by atoms with E-state index < -0.39 is 0 Å². The first-order valence-electron chi connectivity index (χ1n) is 39.1. The second-order valence-corrected chi connectivity index (χ2v) is 29.5. The minimum absolute atomic E-state index is 0.698. The van der Waals surface area contributed by atoms with Crippen LogP contribution in [0.1, 0.15) is 0 Å². The van der Waals surface area contributed by atoms with E-state index in [0.717, 1.165) is 194 Å². The van der Waals surface area contributed by atoms with Crippen LogP contribution < -0.4 is 0 Å². The smallest absolute Gasteiger partial charge is 0.221 e. The first-order chi connectivity index (χ1) is 57.5. The van der Waals surface area contributed by atoms with Gasteiger partial charge in [0.1, 0.15) is 11.3 Å². The number of pyridine rings is 1. The third-order valence-electron chi connectivity index (χ3n) is 22.8. The maximum atomic E-state index is 5.44. The van der Waals surface area contributed by atoms with Crippen molar-refractivity contribution in [2.45, 2.75) is 0 Å². The minimum atomic E-state index is 0.698. The molecule has 0 atom stereocenters. The fourth-order valence-corrected chi connectivity index (χ4v) is 17.5. The minimum Gasteiger partial charge on any atom is -0.278 e. The van der Waals surface area contributed by atoms with Gasteiger partial charge in [-0.3, -0.25) is 17.9 Å². The van der Waals surface area contributed by atoms with Crippen molar-refractivity contribution in [2.24, 2.45) is 0 Å². The molecule has 8 heterocycles. The summed E-state index contributed by atoms with van der Waals surface area (Å²) in [6.07, 6.45) is 0. The summed E-state index contributed by atoms with van der Waals surface area (Å²) < 4.78 is 9.16. The molecule has 0 aliphatic carbocycles. The first kappa shape index (κ1) is 66.0. The third kappa shape index (κ3) is 10.9. The summed E-state index contributed by atoms with van der Waals surface area (Å²) in [5, 5.41) is 11.3. The van der Waals surface area contributed by atoms with Gasteiger partial charge in [-0.1, -0.05) is 291 Å². The van der Waals surface area contributed by atoms with Gasteiger partial charge in [0.2, 0.25) is 11.9 Å². The van der Waals surface area contributed by atoms with Gasteiger partial charge in [0.05, 0.1) is 77.9 Å². The number of aromatic nitrogens is 11. The Morgan fingerprint density at radius 3 is 0.957 bits per heavy atom. The number of nitrogens with zero attached hydrogens (tertiary/aromatic N) is 11. The molecule has 8 aromatic heterocycles. The molecule has 0 aliphatic heterocycles. The molecule has 0 amide bonds. The van der Waals surface area contributed by atoms with E-state index in [0.29, 0.717) is 5.82 Å². The van der Waals surface area contributed by atoms with E-state index in [1.54, 1.807) is 0 Å². The highest BCUT2D eigenvalue weighted by molar-refractivity contribution is 6.24. The Balaban J connectivity index is 0.000000137. The molecule has 0 bridgehead atoms. The molecule has 0 unspecified atom stereocenters. The molecule has 0 N–H and O–H groups in total. The lowest BCUT2D eigenvalue weighted by molar-refractivity contribution is 0.981. The van der Waals surface area contributed by atoms with Crippen molar-refractivity contribution < 1.29 is 0 Å². The lowest BCUT2D eigenvalue weighted by Crippen LogP contribution is -2.06. The van der Waals surface area contributed by atoms with Crippen molar-refractivity contribution in [1.29, 1.82) is 0 Å². The highest BCUT2D eigenvalue weighted by Gasteiger charge is 2.27. The first-order valence-corrected chi connectivity index (χ1v) is 39.1. The van der Waals surface area contributed by atoms with Crippen LogP contribution in [0, 0.1) is 0 Å². The highest BCUT2D eigenvalue weighted by Crippen LogP contribution is 2.46. The van der Waals surface area contributed by atoms with E-state index in [9.17, 15) is 0 Å². The Labute approximate surface area is 664 Å². The number of hydrogen-bond acceptors (Lipinski definition) is 7. The Hall–Kier alpha value is -15.9. The Kier molecular flexibility index (Phi) is 15.3. The Morgan fingerprint density at radius 1 is 0.172 bits per heavy atom. The van der Waals surface area contributed by atoms with Gasteiger partial charge in [-0.05, 0) is 147 Å². The lowest BCUT2D eigenvalue weighted by Gasteiger charge is -2.15. The summed E-state index contributed by atoms with van der Waals surface area (Å²) in [7, 11) is 0. The van der Waals surface area contributed by atoms with E-state index in [1.165, 1.54) is 21.7 Å². The van der Waals surface area contributed by atoms with Crippen LogP contribution in [0.4, 0.5) is 0 Å². The monoisotopic (exact) mass is 1480 g/mol. The molecular weight excluding hydrogens is 1420 g/mol. The molecule has 11 nitrogen and oxygen atoms in total. The molecule has 540 valence electrons. The molecule has 24 aromatic rings. The highest BCUT2D eigenvalue weighted by atomic mass is 15.2. The lowest BCUT2D eigenvalue weighted by atomic mass is 9.92. The summed E-state index contributed by atoms with van der Waals surface area (Å²) in [6.45, 7) is 0. The maximum Gasteiger partial charge on any atom is 0.221 e. The predicted molar refractivity (Wildman–Crippen MR) is 477 cm³/mol. The molecule has 0 spiro atoms. The zero-order valence-electron chi connectivity index (χ0n) is 62.4. The second-order valence-electron chi connectivity index (χ2n) is 29.5. The van der Waals surface area contributed by atoms with Crippen LogP contribution in [0.5, 0.6) is 0 Å². The van der Waals surface area contributed by atoms with Crippen LogP contribution in [0.25, 0.3) is 222 Å². The van der Waals surface area contributed by atoms with Crippen LogP contribution in [-0.4, -0.2) is 52.8 Å². The average Bonchev–Trinajstić information content (AvgIpc) is 1.55. The molecule has 0 saturated carbocycles. The SMILES string of the molecule is c1ccc(-c2cc(-c3cccc(-c4cc5c6ccccc6n(-c6nc7ccccc7c7nc8ccccc8n67)c5c5ccccc45)c3)cc(-c3ccccc3)n2)cc1.c1ccc(-c2cc(-c3cccc(-c4cc5c6ccccc6n(-c6nc7ccccc7c7nc8ccccc8n67)c5c5ccccc45)c3)nc(-c3ccccc3)n2)cc1. The topological polar surface area (TPSA) is 109 Å². The van der Waals surface area contributed by atoms with Gasteiger partial charge in [0.25, 0.3) is 0 Å². The van der Waals surface area contributed by atoms with Gasteiger partial charge in [0, 0.05) is 70.9 Å². The van der Waals surface area contributed by atoms with Crippen LogP contribution in [0.2, 0.25) is 0 Å². The molecule has 11 heteroatoms. The normalized spacial score (nSPS) is 11.8. The molecule has 0 fully saturated rings. The fraction of sp³-hybridized carbons (Fsp3) is 0. The van der Waals surface area contributed by atoms with Crippen molar-refractivity contribution in [2.75, 3.05) is 0 Å². The number of fused-ring (bicyclic) bond motifs is 20. The predicted octanol–water partition coefficient (Wildman–Crippen LogP) is 26.1. The molecule has 0 aliphatic rings. The standard InChI is InChI=1S/C53H33N5.C52H32N6/c1-3-16-34(17-4-1)47-31-38(32-48(54-47)35-18-5-2-6-19-35)36-20-15-21-37(30-36)43-33-44-40-23-10-13-28-49(40)57(51(44)41-24-8-7-22-39(41)43)53-56-45-26-11-9-25-42(45)52-55-46-27-12-14-29-50(46)58(52)53;1-3-16-33(17-4-1)45-32-46(54-50(53-45)34-18-5-2-6-19-34)36-21-15-20-35(30-36)41-31-42-38-23-10-13-28-47(38)57(49(42)39-24-8-7-22-37(39)41)52-56-43-26-11-9-25-40(43)51-55-44-27-12-14-29-48(44)58(51)52/h1-33H;1-32H. The van der Waals surface area contributed by atoms with Crippen molar-refractivity contribution in [3.05, 3.63) is 394 Å². The number of para-hydroxylation sites is 8. The Morgan fingerprint density at radius 2 is 0.500 bits per heavy atom. The van der Waals surface area contributed by atoms with Gasteiger partial charge in [-0.2, -0.15) is 0 Å². The van der Waals surface area contributed by atoms with Crippen LogP contribution in [-0.2, 0) is 0 Å². The van der Waals surface area contributed by atoms with Gasteiger partial charge in [-0.25, -0.2) is 34.9 Å². The van der Waals surface area contributed by atoms with Crippen LogP contribution in [0.3, 0.4) is 0 Å². The van der Waals surface area contributed by atoms with Gasteiger partial charge in [0.15, 0.2) is 5.82 Å². The zero-order chi connectivity index (χ0) is 76.3. The summed E-state index contributed by atoms with van der Waals surface area (Å²) >= 11 is 0. The van der Waals surface area contributed by atoms with Crippen molar-refractivity contribution in [3.8, 4) is 102 Å². The number of rotatable bonds is 10. The number of benzene rings is 16. The van der Waals surface area contributed by atoms with Crippen LogP contribution in [0.15, 0.2) is 394 Å². The largest absolute Gasteiger partial charge is 0.278 e. The van der Waals surface area contributed by atoms with Gasteiger partial charge < -0.3 is 0 Å². The summed E-state index contributed by atoms with van der Waals surface area (Å²) in [4.78, 5) is 36.6. The number of imidazole rings is 2. The van der Waals surface area contributed by atoms with Crippen LogP contribution >= 0.6 is 0 Å². The number of hydrogen-bond donors (Lipinski definition) is 0. The van der Waals surface area contributed by atoms with E-state index in [-0.39, 0.29) is 0 Å². The molecule has 16 aromatic carbocycles. The fourth-order valence-electron chi connectivity index (χ4n) is 17.5. The van der Waals surface area contributed by atoms with E-state index in [1.807, 2.05) is 54.6 Å². The van der Waals surface area contributed by atoms with Gasteiger partial charge in [-0.15, -0.1) is 0 Å². The maximum absolute atomic E-state index is 5.44. The zero-order valence-corrected chi connectivity index (χ0v) is 62.4. The summed E-state index contributed by atoms with van der Waals surface area (Å²) in [5.41, 5.74) is 27.6. The van der Waals surface area contributed by atoms with Crippen molar-refractivity contribution in [1.82, 2.24) is 52.8 Å².